The molecule has 0 aromatic heterocycles. The monoisotopic (exact) mass is 451 g/mol. The van der Waals surface area contributed by atoms with Gasteiger partial charge < -0.3 is 10.6 Å². The van der Waals surface area contributed by atoms with E-state index in [0.29, 0.717) is 25.5 Å². The first-order valence-corrected chi connectivity index (χ1v) is 11.3. The normalized spacial score (nSPS) is 17.2. The molecule has 0 bridgehead atoms. The first kappa shape index (κ1) is 22.8. The Morgan fingerprint density at radius 2 is 1.77 bits per heavy atom. The summed E-state index contributed by atoms with van der Waals surface area (Å²) in [6.07, 6.45) is 2.59. The number of benzene rings is 2. The predicted octanol–water partition coefficient (Wildman–Crippen LogP) is 2.65. The number of piperidine rings is 1. The van der Waals surface area contributed by atoms with Gasteiger partial charge in [0.15, 0.2) is 0 Å². The number of carbonyl (C=O) groups is 2. The topological polar surface area (TPSA) is 95.6 Å². The molecule has 0 radical (unpaired) electrons. The van der Waals surface area contributed by atoms with Gasteiger partial charge in [-0.1, -0.05) is 24.6 Å². The fraction of sp³-hybridized carbons (Fsp3) is 0.333. The summed E-state index contributed by atoms with van der Waals surface area (Å²) >= 11 is 0. The van der Waals surface area contributed by atoms with Crippen LogP contribution in [0.25, 0.3) is 0 Å². The van der Waals surface area contributed by atoms with Crippen molar-refractivity contribution in [2.24, 2.45) is 0 Å². The van der Waals surface area contributed by atoms with Gasteiger partial charge in [0.1, 0.15) is 11.6 Å². The van der Waals surface area contributed by atoms with Gasteiger partial charge in [-0.3, -0.25) is 9.59 Å². The van der Waals surface area contributed by atoms with Crippen LogP contribution >= 0.6 is 0 Å². The molecule has 0 saturated carbocycles. The Hall–Kier alpha value is -2.85. The highest BCUT2D eigenvalue weighted by atomic mass is 32.2. The lowest BCUT2D eigenvalue weighted by atomic mass is 10.0. The van der Waals surface area contributed by atoms with E-state index in [-0.39, 0.29) is 23.2 Å². The van der Waals surface area contributed by atoms with Crippen LogP contribution in [0.3, 0.4) is 0 Å². The van der Waals surface area contributed by atoms with Crippen LogP contribution in [0.5, 0.6) is 0 Å². The minimum Gasteiger partial charge on any atom is -0.348 e. The lowest BCUT2D eigenvalue weighted by Gasteiger charge is -2.34. The summed E-state index contributed by atoms with van der Waals surface area (Å²) < 4.78 is 53.9. The zero-order chi connectivity index (χ0) is 22.4. The van der Waals surface area contributed by atoms with Crippen molar-refractivity contribution in [3.63, 3.8) is 0 Å². The highest BCUT2D eigenvalue weighted by Crippen LogP contribution is 2.26. The molecule has 2 aromatic carbocycles. The van der Waals surface area contributed by atoms with E-state index < -0.39 is 33.5 Å². The van der Waals surface area contributed by atoms with Gasteiger partial charge in [-0.15, -0.1) is 0 Å². The lowest BCUT2D eigenvalue weighted by molar-refractivity contribution is -0.136. The third-order valence-corrected chi connectivity index (χ3v) is 7.04. The van der Waals surface area contributed by atoms with Gasteiger partial charge >= 0.3 is 11.8 Å². The summed E-state index contributed by atoms with van der Waals surface area (Å²) in [6, 6.07) is 10.4. The Balaban J connectivity index is 1.56. The second-order valence-electron chi connectivity index (χ2n) is 7.20. The maximum Gasteiger partial charge on any atom is 0.313 e. The van der Waals surface area contributed by atoms with Crippen molar-refractivity contribution >= 4 is 27.5 Å². The first-order chi connectivity index (χ1) is 14.8. The average molecular weight is 451 g/mol. The standard InChI is InChI=1S/C21H23F2N3O4S/c22-15-9-10-19(18(23)14-15)25-21(28)20(27)24-12-11-16-6-4-5-13-26(16)31(29,30)17-7-2-1-3-8-17/h1-3,7-10,14,16H,4-6,11-13H2,(H,24,27)(H,25,28)/t16-/m0/s1. The zero-order valence-electron chi connectivity index (χ0n) is 16.7. The third-order valence-electron chi connectivity index (χ3n) is 5.07. The number of amides is 2. The molecule has 1 saturated heterocycles. The zero-order valence-corrected chi connectivity index (χ0v) is 17.5. The van der Waals surface area contributed by atoms with Gasteiger partial charge in [-0.2, -0.15) is 4.31 Å². The van der Waals surface area contributed by atoms with Crippen LogP contribution in [-0.2, 0) is 19.6 Å². The number of hydrogen-bond acceptors (Lipinski definition) is 4. The maximum absolute atomic E-state index is 13.6. The van der Waals surface area contributed by atoms with E-state index >= 15 is 0 Å². The minimum absolute atomic E-state index is 0.0730. The molecule has 10 heteroatoms. The minimum atomic E-state index is -3.66. The SMILES string of the molecule is O=C(NCC[C@@H]1CCCCN1S(=O)(=O)c1ccccc1)C(=O)Nc1ccc(F)cc1F. The van der Waals surface area contributed by atoms with Crippen molar-refractivity contribution < 1.29 is 26.8 Å². The fourth-order valence-corrected chi connectivity index (χ4v) is 5.25. The van der Waals surface area contributed by atoms with Crippen LogP contribution in [0.15, 0.2) is 53.4 Å². The quantitative estimate of drug-likeness (QED) is 0.660. The van der Waals surface area contributed by atoms with Crippen molar-refractivity contribution in [2.45, 2.75) is 36.6 Å². The summed E-state index contributed by atoms with van der Waals surface area (Å²) in [5.74, 6) is -3.88. The van der Waals surface area contributed by atoms with E-state index in [0.717, 1.165) is 25.0 Å². The van der Waals surface area contributed by atoms with E-state index in [1.807, 2.05) is 0 Å². The van der Waals surface area contributed by atoms with E-state index in [4.69, 9.17) is 0 Å². The summed E-state index contributed by atoms with van der Waals surface area (Å²) in [7, 11) is -3.66. The molecule has 1 fully saturated rings. The second kappa shape index (κ2) is 9.97. The predicted molar refractivity (Wildman–Crippen MR) is 111 cm³/mol. The summed E-state index contributed by atoms with van der Waals surface area (Å²) in [5.41, 5.74) is -0.311. The molecule has 31 heavy (non-hydrogen) atoms. The van der Waals surface area contributed by atoms with Crippen molar-refractivity contribution in [1.82, 2.24) is 9.62 Å². The van der Waals surface area contributed by atoms with Crippen LogP contribution in [0.1, 0.15) is 25.7 Å². The highest BCUT2D eigenvalue weighted by Gasteiger charge is 2.33. The summed E-state index contributed by atoms with van der Waals surface area (Å²) in [6.45, 7) is 0.462. The molecule has 2 N–H and O–H groups in total. The largest absolute Gasteiger partial charge is 0.348 e. The Bertz CT molecular complexity index is 1050. The van der Waals surface area contributed by atoms with Gasteiger partial charge in [0.2, 0.25) is 10.0 Å². The molecule has 1 heterocycles. The summed E-state index contributed by atoms with van der Waals surface area (Å²) in [5, 5.41) is 4.50. The molecule has 3 rings (SSSR count). The van der Waals surface area contributed by atoms with Crippen molar-refractivity contribution in [1.29, 1.82) is 0 Å². The number of hydrogen-bond donors (Lipinski definition) is 2. The van der Waals surface area contributed by atoms with Gasteiger partial charge in [0.05, 0.1) is 10.6 Å². The number of anilines is 1. The Labute approximate surface area is 179 Å². The Morgan fingerprint density at radius 1 is 1.03 bits per heavy atom. The van der Waals surface area contributed by atoms with E-state index in [1.54, 1.807) is 30.3 Å². The number of nitrogens with one attached hydrogen (secondary N) is 2. The molecule has 0 spiro atoms. The second-order valence-corrected chi connectivity index (χ2v) is 9.09. The molecule has 2 aromatic rings. The van der Waals surface area contributed by atoms with Crippen LogP contribution in [0.4, 0.5) is 14.5 Å². The maximum atomic E-state index is 13.6. The molecule has 1 atom stereocenters. The van der Waals surface area contributed by atoms with Crippen LogP contribution < -0.4 is 10.6 Å². The van der Waals surface area contributed by atoms with Crippen molar-refractivity contribution in [2.75, 3.05) is 18.4 Å². The molecule has 0 aliphatic carbocycles. The van der Waals surface area contributed by atoms with Crippen LogP contribution in [0, 0.1) is 11.6 Å². The number of sulfonamides is 1. The third kappa shape index (κ3) is 5.65. The van der Waals surface area contributed by atoms with E-state index in [1.165, 1.54) is 4.31 Å². The van der Waals surface area contributed by atoms with Gasteiger partial charge in [-0.25, -0.2) is 17.2 Å². The number of halogens is 2. The van der Waals surface area contributed by atoms with Crippen molar-refractivity contribution in [3.05, 3.63) is 60.2 Å². The Kier molecular flexibility index (Phi) is 7.34. The molecule has 7 nitrogen and oxygen atoms in total. The van der Waals surface area contributed by atoms with Gasteiger partial charge in [0.25, 0.3) is 0 Å². The smallest absolute Gasteiger partial charge is 0.313 e. The van der Waals surface area contributed by atoms with E-state index in [2.05, 4.69) is 10.6 Å². The molecule has 0 unspecified atom stereocenters. The van der Waals surface area contributed by atoms with Gasteiger partial charge in [0, 0.05) is 25.2 Å². The number of nitrogens with zero attached hydrogens (tertiary/aromatic N) is 1. The van der Waals surface area contributed by atoms with E-state index in [9.17, 15) is 26.8 Å². The fourth-order valence-electron chi connectivity index (χ4n) is 3.51. The highest BCUT2D eigenvalue weighted by molar-refractivity contribution is 7.89. The van der Waals surface area contributed by atoms with Gasteiger partial charge in [-0.05, 0) is 43.5 Å². The number of rotatable bonds is 6. The molecule has 166 valence electrons. The molecule has 1 aliphatic heterocycles. The molecule has 1 aliphatic rings. The van der Waals surface area contributed by atoms with Crippen LogP contribution in [-0.4, -0.2) is 43.7 Å². The van der Waals surface area contributed by atoms with Crippen LogP contribution in [0.2, 0.25) is 0 Å². The Morgan fingerprint density at radius 3 is 2.48 bits per heavy atom. The number of carbonyl (C=O) groups excluding carboxylic acids is 2. The lowest BCUT2D eigenvalue weighted by Crippen LogP contribution is -2.45. The molecular weight excluding hydrogens is 428 g/mol. The summed E-state index contributed by atoms with van der Waals surface area (Å²) in [4.78, 5) is 24.2. The average Bonchev–Trinajstić information content (AvgIpc) is 2.76. The molecule has 2 amide bonds. The molecular formula is C21H23F2N3O4S. The first-order valence-electron chi connectivity index (χ1n) is 9.90. The van der Waals surface area contributed by atoms with Crippen molar-refractivity contribution in [3.8, 4) is 0 Å².